The minimum Gasteiger partial charge on any atom is -0.496 e. The Morgan fingerprint density at radius 1 is 1.07 bits per heavy atom. The first-order chi connectivity index (χ1) is 13.6. The van der Waals surface area contributed by atoms with E-state index in [0.717, 1.165) is 55.5 Å². The molecule has 3 rings (SSSR count). The molecule has 1 amide bonds. The number of halogens is 1. The van der Waals surface area contributed by atoms with Gasteiger partial charge in [-0.15, -0.1) is 0 Å². The molecule has 2 aromatic carbocycles. The van der Waals surface area contributed by atoms with Gasteiger partial charge in [0.1, 0.15) is 5.75 Å². The number of benzene rings is 2. The lowest BCUT2D eigenvalue weighted by atomic mass is 10.1. The maximum atomic E-state index is 12.3. The Hall–Kier alpha value is -2.08. The van der Waals surface area contributed by atoms with E-state index in [1.165, 1.54) is 5.56 Å². The van der Waals surface area contributed by atoms with Crippen LogP contribution in [0.4, 0.5) is 0 Å². The summed E-state index contributed by atoms with van der Waals surface area (Å²) in [6, 6.07) is 15.9. The monoisotopic (exact) mass is 401 g/mol. The van der Waals surface area contributed by atoms with E-state index in [1.54, 1.807) is 7.11 Å². The van der Waals surface area contributed by atoms with Crippen LogP contribution in [0.2, 0.25) is 5.02 Å². The molecule has 0 radical (unpaired) electrons. The van der Waals surface area contributed by atoms with Crippen LogP contribution >= 0.6 is 11.6 Å². The van der Waals surface area contributed by atoms with Gasteiger partial charge in [0, 0.05) is 44.3 Å². The van der Waals surface area contributed by atoms with Crippen molar-refractivity contribution in [2.24, 2.45) is 0 Å². The van der Waals surface area contributed by atoms with Crippen molar-refractivity contribution >= 4 is 17.5 Å². The summed E-state index contributed by atoms with van der Waals surface area (Å²) >= 11 is 6.06. The van der Waals surface area contributed by atoms with E-state index in [1.807, 2.05) is 42.5 Å². The molecule has 1 N–H and O–H groups in total. The van der Waals surface area contributed by atoms with Crippen molar-refractivity contribution in [1.82, 2.24) is 15.1 Å². The first-order valence-electron chi connectivity index (χ1n) is 9.72. The summed E-state index contributed by atoms with van der Waals surface area (Å²) < 4.78 is 5.35. The number of carbonyl (C=O) groups excluding carboxylic acids is 1. The van der Waals surface area contributed by atoms with E-state index in [9.17, 15) is 4.79 Å². The van der Waals surface area contributed by atoms with E-state index >= 15 is 0 Å². The normalized spacial score (nSPS) is 15.4. The van der Waals surface area contributed by atoms with Gasteiger partial charge < -0.3 is 10.1 Å². The predicted octanol–water partition coefficient (Wildman–Crippen LogP) is 2.83. The molecule has 1 aliphatic heterocycles. The number of hydrogen-bond acceptors (Lipinski definition) is 4. The number of para-hydroxylation sites is 1. The van der Waals surface area contributed by atoms with E-state index < -0.39 is 0 Å². The van der Waals surface area contributed by atoms with Gasteiger partial charge in [-0.05, 0) is 35.7 Å². The summed E-state index contributed by atoms with van der Waals surface area (Å²) in [5, 5.41) is 3.80. The molecule has 0 unspecified atom stereocenters. The molecule has 0 saturated carbocycles. The van der Waals surface area contributed by atoms with Gasteiger partial charge in [0.25, 0.3) is 0 Å². The number of nitrogens with zero attached hydrogens (tertiary/aromatic N) is 2. The zero-order valence-corrected chi connectivity index (χ0v) is 17.1. The molecule has 0 aromatic heterocycles. The maximum Gasteiger partial charge on any atom is 0.234 e. The Labute approximate surface area is 172 Å². The van der Waals surface area contributed by atoms with E-state index in [-0.39, 0.29) is 5.91 Å². The second kappa shape index (κ2) is 10.5. The number of hydrogen-bond donors (Lipinski definition) is 1. The van der Waals surface area contributed by atoms with Crippen LogP contribution in [0.1, 0.15) is 11.1 Å². The van der Waals surface area contributed by atoms with Crippen molar-refractivity contribution in [3.05, 3.63) is 64.7 Å². The first kappa shape index (κ1) is 20.6. The zero-order chi connectivity index (χ0) is 19.8. The molecule has 0 bridgehead atoms. The van der Waals surface area contributed by atoms with Gasteiger partial charge in [0.2, 0.25) is 5.91 Å². The average molecular weight is 402 g/mol. The van der Waals surface area contributed by atoms with Gasteiger partial charge in [-0.3, -0.25) is 14.6 Å². The van der Waals surface area contributed by atoms with Crippen LogP contribution in [0.15, 0.2) is 48.5 Å². The minimum atomic E-state index is 0.0817. The van der Waals surface area contributed by atoms with E-state index in [4.69, 9.17) is 16.3 Å². The van der Waals surface area contributed by atoms with E-state index in [0.29, 0.717) is 13.1 Å². The molecule has 5 nitrogen and oxygen atoms in total. The molecule has 1 heterocycles. The second-order valence-electron chi connectivity index (χ2n) is 7.09. The molecule has 1 saturated heterocycles. The summed E-state index contributed by atoms with van der Waals surface area (Å²) in [6.45, 7) is 5.70. The Kier molecular flexibility index (Phi) is 7.71. The second-order valence-corrected chi connectivity index (χ2v) is 7.53. The number of ether oxygens (including phenoxy) is 1. The van der Waals surface area contributed by atoms with Crippen molar-refractivity contribution in [2.75, 3.05) is 46.4 Å². The fraction of sp³-hybridized carbons (Fsp3) is 0.409. The van der Waals surface area contributed by atoms with Crippen molar-refractivity contribution in [2.45, 2.75) is 13.0 Å². The quantitative estimate of drug-likeness (QED) is 0.738. The summed E-state index contributed by atoms with van der Waals surface area (Å²) in [6.07, 6.45) is 0.767. The van der Waals surface area contributed by atoms with Crippen molar-refractivity contribution < 1.29 is 9.53 Å². The molecule has 0 aliphatic carbocycles. The number of methoxy groups -OCH3 is 1. The van der Waals surface area contributed by atoms with Gasteiger partial charge in [-0.2, -0.15) is 0 Å². The molecular formula is C22H28ClN3O2. The smallest absolute Gasteiger partial charge is 0.234 e. The molecule has 0 atom stereocenters. The van der Waals surface area contributed by atoms with Gasteiger partial charge in [-0.1, -0.05) is 41.9 Å². The average Bonchev–Trinajstić information content (AvgIpc) is 2.70. The Morgan fingerprint density at radius 2 is 1.82 bits per heavy atom. The lowest BCUT2D eigenvalue weighted by molar-refractivity contribution is -0.122. The van der Waals surface area contributed by atoms with Crippen molar-refractivity contribution in [3.8, 4) is 5.75 Å². The van der Waals surface area contributed by atoms with Crippen LogP contribution < -0.4 is 10.1 Å². The minimum absolute atomic E-state index is 0.0817. The third-order valence-corrected chi connectivity index (χ3v) is 5.27. The number of carbonyl (C=O) groups is 1. The van der Waals surface area contributed by atoms with Crippen LogP contribution in [0.3, 0.4) is 0 Å². The zero-order valence-electron chi connectivity index (χ0n) is 16.4. The summed E-state index contributed by atoms with van der Waals surface area (Å²) in [5.74, 6) is 0.950. The van der Waals surface area contributed by atoms with Crippen LogP contribution in [0.5, 0.6) is 5.75 Å². The highest BCUT2D eigenvalue weighted by Crippen LogP contribution is 2.17. The highest BCUT2D eigenvalue weighted by molar-refractivity contribution is 6.30. The van der Waals surface area contributed by atoms with Crippen LogP contribution in [-0.4, -0.2) is 62.1 Å². The fourth-order valence-corrected chi connectivity index (χ4v) is 3.72. The van der Waals surface area contributed by atoms with Crippen LogP contribution in [0, 0.1) is 0 Å². The fourth-order valence-electron chi connectivity index (χ4n) is 3.50. The highest BCUT2D eigenvalue weighted by atomic mass is 35.5. The third kappa shape index (κ3) is 6.23. The largest absolute Gasteiger partial charge is 0.496 e. The summed E-state index contributed by atoms with van der Waals surface area (Å²) in [7, 11) is 1.67. The van der Waals surface area contributed by atoms with Crippen LogP contribution in [-0.2, 0) is 17.8 Å². The maximum absolute atomic E-state index is 12.3. The highest BCUT2D eigenvalue weighted by Gasteiger charge is 2.19. The third-order valence-electron chi connectivity index (χ3n) is 5.04. The molecule has 2 aromatic rings. The van der Waals surface area contributed by atoms with Gasteiger partial charge in [0.05, 0.1) is 13.7 Å². The summed E-state index contributed by atoms with van der Waals surface area (Å²) in [4.78, 5) is 16.9. The molecule has 1 fully saturated rings. The SMILES string of the molecule is COc1ccccc1CCNC(=O)CN1CCN(Cc2cccc(Cl)c2)CC1. The van der Waals surface area contributed by atoms with Crippen LogP contribution in [0.25, 0.3) is 0 Å². The lowest BCUT2D eigenvalue weighted by Crippen LogP contribution is -2.49. The molecule has 150 valence electrons. The molecule has 6 heteroatoms. The molecule has 1 aliphatic rings. The predicted molar refractivity (Wildman–Crippen MR) is 113 cm³/mol. The van der Waals surface area contributed by atoms with Gasteiger partial charge in [0.15, 0.2) is 0 Å². The number of nitrogens with one attached hydrogen (secondary N) is 1. The molecule has 28 heavy (non-hydrogen) atoms. The number of piperazine rings is 1. The van der Waals surface area contributed by atoms with Crippen molar-refractivity contribution in [3.63, 3.8) is 0 Å². The molecule has 0 spiro atoms. The number of amides is 1. The Bertz CT molecular complexity index is 776. The van der Waals surface area contributed by atoms with Gasteiger partial charge in [-0.25, -0.2) is 0 Å². The summed E-state index contributed by atoms with van der Waals surface area (Å²) in [5.41, 5.74) is 2.34. The Morgan fingerprint density at radius 3 is 2.57 bits per heavy atom. The Balaban J connectivity index is 1.35. The van der Waals surface area contributed by atoms with Gasteiger partial charge >= 0.3 is 0 Å². The standard InChI is InChI=1S/C22H28ClN3O2/c1-28-21-8-3-2-6-19(21)9-10-24-22(27)17-26-13-11-25(12-14-26)16-18-5-4-7-20(23)15-18/h2-8,15H,9-14,16-17H2,1H3,(H,24,27). The number of rotatable bonds is 8. The topological polar surface area (TPSA) is 44.8 Å². The first-order valence-corrected chi connectivity index (χ1v) is 10.1. The molecular weight excluding hydrogens is 374 g/mol. The van der Waals surface area contributed by atoms with E-state index in [2.05, 4.69) is 21.2 Å². The lowest BCUT2D eigenvalue weighted by Gasteiger charge is -2.34. The van der Waals surface area contributed by atoms with Crippen molar-refractivity contribution in [1.29, 1.82) is 0 Å².